The summed E-state index contributed by atoms with van der Waals surface area (Å²) < 4.78 is 11.2. The van der Waals surface area contributed by atoms with E-state index >= 15 is 0 Å². The first-order valence-corrected chi connectivity index (χ1v) is 11.1. The summed E-state index contributed by atoms with van der Waals surface area (Å²) >= 11 is 0. The van der Waals surface area contributed by atoms with E-state index in [1.165, 1.54) is 12.0 Å². The topological polar surface area (TPSA) is 64.4 Å². The lowest BCUT2D eigenvalue weighted by molar-refractivity contribution is 0.0125. The molecule has 3 aliphatic carbocycles. The average molecular weight is 401 g/mol. The van der Waals surface area contributed by atoms with Crippen LogP contribution in [0.15, 0.2) is 22.4 Å². The van der Waals surface area contributed by atoms with Crippen molar-refractivity contribution in [1.29, 1.82) is 0 Å². The van der Waals surface area contributed by atoms with E-state index < -0.39 is 5.60 Å². The zero-order valence-electron chi connectivity index (χ0n) is 18.9. The second kappa shape index (κ2) is 6.61. The second-order valence-corrected chi connectivity index (χ2v) is 11.2. The van der Waals surface area contributed by atoms with E-state index in [1.54, 1.807) is 5.57 Å². The molecule has 1 aromatic heterocycles. The van der Waals surface area contributed by atoms with Crippen molar-refractivity contribution < 1.29 is 14.1 Å². The first-order chi connectivity index (χ1) is 13.5. The van der Waals surface area contributed by atoms with Crippen LogP contribution in [0.2, 0.25) is 0 Å². The normalized spacial score (nSPS) is 33.0. The molecule has 3 aliphatic rings. The van der Waals surface area contributed by atoms with Gasteiger partial charge < -0.3 is 14.6 Å². The van der Waals surface area contributed by atoms with Crippen molar-refractivity contribution in [3.8, 4) is 0 Å². The van der Waals surface area contributed by atoms with Crippen LogP contribution in [0.1, 0.15) is 85.0 Å². The van der Waals surface area contributed by atoms with Gasteiger partial charge in [0.05, 0.1) is 6.20 Å². The Kier molecular flexibility index (Phi) is 4.67. The fraction of sp³-hybridized carbons (Fsp3) is 0.750. The zero-order valence-corrected chi connectivity index (χ0v) is 18.9. The van der Waals surface area contributed by atoms with Gasteiger partial charge in [-0.2, -0.15) is 0 Å². The number of allylic oxidation sites excluding steroid dienone is 1. The van der Waals surface area contributed by atoms with Crippen molar-refractivity contribution in [3.05, 3.63) is 29.2 Å². The fourth-order valence-corrected chi connectivity index (χ4v) is 6.74. The molecule has 1 fully saturated rings. The van der Waals surface area contributed by atoms with E-state index in [2.05, 4.69) is 37.3 Å². The van der Waals surface area contributed by atoms with Crippen LogP contribution < -0.4 is 5.32 Å². The van der Waals surface area contributed by atoms with Gasteiger partial charge in [0.25, 0.3) is 0 Å². The Hall–Kier alpha value is -1.78. The standard InChI is InChI=1S/C24H36N2O3/c1-21(2,3)28-20(27)25-15-24-11-8-7-9-18(24)23(6)13-16-14-26-29-19(16)22(4,5)17(23)10-12-24/h9,14,17H,7-8,10-13,15H2,1-6H3,(H,25,27)/t17-,23-,24+/m0/s1. The highest BCUT2D eigenvalue weighted by atomic mass is 16.6. The predicted octanol–water partition coefficient (Wildman–Crippen LogP) is 5.55. The Labute approximate surface area is 174 Å². The molecule has 0 aliphatic heterocycles. The number of alkyl carbamates (subject to hydrolysis) is 1. The molecular weight excluding hydrogens is 364 g/mol. The molecule has 1 amide bonds. The second-order valence-electron chi connectivity index (χ2n) is 11.2. The van der Waals surface area contributed by atoms with Crippen molar-refractivity contribution in [2.45, 2.75) is 91.1 Å². The monoisotopic (exact) mass is 400 g/mol. The van der Waals surface area contributed by atoms with Crippen LogP contribution in [0.25, 0.3) is 0 Å². The molecule has 1 N–H and O–H groups in total. The highest BCUT2D eigenvalue weighted by Crippen LogP contribution is 2.65. The summed E-state index contributed by atoms with van der Waals surface area (Å²) in [6.45, 7) is 13.4. The Bertz CT molecular complexity index is 831. The average Bonchev–Trinajstić information content (AvgIpc) is 3.07. The van der Waals surface area contributed by atoms with Gasteiger partial charge in [-0.25, -0.2) is 4.79 Å². The number of hydrogen-bond acceptors (Lipinski definition) is 4. The van der Waals surface area contributed by atoms with Crippen LogP contribution in [0, 0.1) is 16.7 Å². The van der Waals surface area contributed by atoms with Crippen LogP contribution in [-0.2, 0) is 16.6 Å². The number of aromatic nitrogens is 1. The van der Waals surface area contributed by atoms with Crippen molar-refractivity contribution in [2.75, 3.05) is 6.54 Å². The Balaban J connectivity index is 1.65. The molecule has 0 saturated heterocycles. The maximum Gasteiger partial charge on any atom is 0.407 e. The molecular formula is C24H36N2O3. The lowest BCUT2D eigenvalue weighted by Gasteiger charge is -2.60. The van der Waals surface area contributed by atoms with E-state index in [4.69, 9.17) is 9.26 Å². The molecule has 0 radical (unpaired) electrons. The summed E-state index contributed by atoms with van der Waals surface area (Å²) in [6.07, 6.45) is 10.7. The largest absolute Gasteiger partial charge is 0.444 e. The predicted molar refractivity (Wildman–Crippen MR) is 113 cm³/mol. The Morgan fingerprint density at radius 3 is 2.79 bits per heavy atom. The van der Waals surface area contributed by atoms with Gasteiger partial charge in [0.15, 0.2) is 0 Å². The first-order valence-electron chi connectivity index (χ1n) is 11.1. The number of carbonyl (C=O) groups excluding carboxylic acids is 1. The molecule has 4 rings (SSSR count). The van der Waals surface area contributed by atoms with Crippen LogP contribution in [-0.4, -0.2) is 23.4 Å². The van der Waals surface area contributed by atoms with Gasteiger partial charge in [0.1, 0.15) is 11.4 Å². The molecule has 160 valence electrons. The van der Waals surface area contributed by atoms with Crippen molar-refractivity contribution in [3.63, 3.8) is 0 Å². The van der Waals surface area contributed by atoms with E-state index in [9.17, 15) is 4.79 Å². The Morgan fingerprint density at radius 2 is 2.07 bits per heavy atom. The first kappa shape index (κ1) is 20.5. The minimum atomic E-state index is -0.477. The number of nitrogens with zero attached hydrogens (tertiary/aromatic N) is 1. The number of nitrogens with one attached hydrogen (secondary N) is 1. The van der Waals surface area contributed by atoms with Crippen molar-refractivity contribution in [1.82, 2.24) is 10.5 Å². The van der Waals surface area contributed by atoms with Crippen LogP contribution >= 0.6 is 0 Å². The smallest absolute Gasteiger partial charge is 0.407 e. The third-order valence-corrected chi connectivity index (χ3v) is 7.70. The molecule has 0 spiro atoms. The summed E-state index contributed by atoms with van der Waals surface area (Å²) in [5.74, 6) is 1.57. The van der Waals surface area contributed by atoms with Crippen molar-refractivity contribution >= 4 is 6.09 Å². The van der Waals surface area contributed by atoms with Crippen LogP contribution in [0.3, 0.4) is 0 Å². The van der Waals surface area contributed by atoms with Gasteiger partial charge in [-0.05, 0) is 70.6 Å². The number of carbonyl (C=O) groups is 1. The summed E-state index contributed by atoms with van der Waals surface area (Å²) in [7, 11) is 0. The highest BCUT2D eigenvalue weighted by Gasteiger charge is 2.59. The van der Waals surface area contributed by atoms with Gasteiger partial charge in [0.2, 0.25) is 0 Å². The third-order valence-electron chi connectivity index (χ3n) is 7.70. The minimum Gasteiger partial charge on any atom is -0.444 e. The SMILES string of the molecule is CC(C)(C)OC(=O)NC[C@]12CCCC=C1[C@@]1(C)Cc3cnoc3C(C)(C)[C@@H]1CC2. The third kappa shape index (κ3) is 3.30. The summed E-state index contributed by atoms with van der Waals surface area (Å²) in [4.78, 5) is 12.4. The van der Waals surface area contributed by atoms with E-state index in [0.717, 1.165) is 37.9 Å². The summed E-state index contributed by atoms with van der Waals surface area (Å²) in [6, 6.07) is 0. The quantitative estimate of drug-likeness (QED) is 0.662. The van der Waals surface area contributed by atoms with Gasteiger partial charge in [-0.1, -0.05) is 37.6 Å². The molecule has 0 bridgehead atoms. The highest BCUT2D eigenvalue weighted by molar-refractivity contribution is 5.67. The number of ether oxygens (including phenoxy) is 1. The maximum absolute atomic E-state index is 12.4. The molecule has 1 heterocycles. The molecule has 1 saturated carbocycles. The van der Waals surface area contributed by atoms with Gasteiger partial charge in [-0.15, -0.1) is 0 Å². The Morgan fingerprint density at radius 1 is 1.31 bits per heavy atom. The summed E-state index contributed by atoms with van der Waals surface area (Å²) in [5, 5.41) is 7.25. The molecule has 5 nitrogen and oxygen atoms in total. The summed E-state index contributed by atoms with van der Waals surface area (Å²) in [5.41, 5.74) is 2.37. The fourth-order valence-electron chi connectivity index (χ4n) is 6.74. The number of hydrogen-bond donors (Lipinski definition) is 1. The van der Waals surface area contributed by atoms with Gasteiger partial charge >= 0.3 is 6.09 Å². The van der Waals surface area contributed by atoms with E-state index in [0.29, 0.717) is 12.5 Å². The zero-order chi connectivity index (χ0) is 21.1. The van der Waals surface area contributed by atoms with Gasteiger partial charge in [0, 0.05) is 22.9 Å². The van der Waals surface area contributed by atoms with Crippen LogP contribution in [0.5, 0.6) is 0 Å². The molecule has 1 aromatic rings. The van der Waals surface area contributed by atoms with E-state index in [-0.39, 0.29) is 22.3 Å². The molecule has 0 unspecified atom stereocenters. The lowest BCUT2D eigenvalue weighted by Crippen LogP contribution is -2.56. The maximum atomic E-state index is 12.4. The number of amides is 1. The molecule has 29 heavy (non-hydrogen) atoms. The molecule has 3 atom stereocenters. The molecule has 0 aromatic carbocycles. The van der Waals surface area contributed by atoms with Crippen molar-refractivity contribution in [2.24, 2.45) is 16.7 Å². The number of fused-ring (bicyclic) bond motifs is 4. The minimum absolute atomic E-state index is 0.0329. The van der Waals surface area contributed by atoms with E-state index in [1.807, 2.05) is 27.0 Å². The van der Waals surface area contributed by atoms with Gasteiger partial charge in [-0.3, -0.25) is 0 Å². The van der Waals surface area contributed by atoms with Crippen LogP contribution in [0.4, 0.5) is 4.79 Å². The lowest BCUT2D eigenvalue weighted by atomic mass is 9.44. The molecule has 5 heteroatoms. The number of rotatable bonds is 2.